The van der Waals surface area contributed by atoms with Gasteiger partial charge in [-0.3, -0.25) is 5.43 Å². The van der Waals surface area contributed by atoms with Crippen LogP contribution in [0.4, 0.5) is 10.1 Å². The van der Waals surface area contributed by atoms with Crippen LogP contribution in [0.15, 0.2) is 35.8 Å². The van der Waals surface area contributed by atoms with Gasteiger partial charge in [-0.15, -0.1) is 0 Å². The second-order valence-electron chi connectivity index (χ2n) is 3.88. The largest absolute Gasteiger partial charge is 0.303 e. The summed E-state index contributed by atoms with van der Waals surface area (Å²) >= 11 is 0. The number of hydrazone groups is 1. The Hall–Kier alpha value is -3.19. The van der Waals surface area contributed by atoms with E-state index in [1.807, 2.05) is 6.92 Å². The summed E-state index contributed by atoms with van der Waals surface area (Å²) in [4.78, 5) is 4.02. The predicted molar refractivity (Wildman–Crippen MR) is 70.5 cm³/mol. The van der Waals surface area contributed by atoms with Gasteiger partial charge in [-0.2, -0.15) is 15.6 Å². The van der Waals surface area contributed by atoms with Crippen molar-refractivity contribution in [3.05, 3.63) is 42.2 Å². The van der Waals surface area contributed by atoms with E-state index in [0.717, 1.165) is 5.69 Å². The molecule has 0 unspecified atom stereocenters. The van der Waals surface area contributed by atoms with Gasteiger partial charge in [0.25, 0.3) is 0 Å². The Labute approximate surface area is 114 Å². The maximum absolute atomic E-state index is 14.0. The Kier molecular flexibility index (Phi) is 3.73. The first-order valence-electron chi connectivity index (χ1n) is 5.58. The van der Waals surface area contributed by atoms with Gasteiger partial charge in [-0.1, -0.05) is 0 Å². The van der Waals surface area contributed by atoms with Gasteiger partial charge < -0.3 is 4.57 Å². The second kappa shape index (κ2) is 5.63. The average Bonchev–Trinajstić information content (AvgIpc) is 2.86. The third-order valence-electron chi connectivity index (χ3n) is 2.45. The van der Waals surface area contributed by atoms with Crippen molar-refractivity contribution in [1.82, 2.24) is 9.55 Å². The molecule has 20 heavy (non-hydrogen) atoms. The molecule has 1 aromatic carbocycles. The van der Waals surface area contributed by atoms with E-state index in [2.05, 4.69) is 15.5 Å². The zero-order valence-corrected chi connectivity index (χ0v) is 10.5. The highest BCUT2D eigenvalue weighted by Gasteiger charge is 2.06. The number of aromatic nitrogens is 2. The summed E-state index contributed by atoms with van der Waals surface area (Å²) < 4.78 is 15.5. The van der Waals surface area contributed by atoms with Crippen LogP contribution in [0.1, 0.15) is 5.69 Å². The molecule has 0 amide bonds. The number of nitriles is 2. The van der Waals surface area contributed by atoms with Crippen LogP contribution in [0.2, 0.25) is 0 Å². The number of nitrogens with one attached hydrogen (secondary N) is 1. The molecule has 1 aromatic heterocycles. The van der Waals surface area contributed by atoms with Crippen molar-refractivity contribution >= 4 is 11.4 Å². The number of anilines is 1. The normalized spacial score (nSPS) is 9.40. The molecule has 6 nitrogen and oxygen atoms in total. The van der Waals surface area contributed by atoms with E-state index in [4.69, 9.17) is 10.5 Å². The summed E-state index contributed by atoms with van der Waals surface area (Å²) in [6.07, 6.45) is 3.22. The van der Waals surface area contributed by atoms with Crippen LogP contribution in [0.25, 0.3) is 5.69 Å². The zero-order chi connectivity index (χ0) is 14.5. The minimum atomic E-state index is -0.474. The zero-order valence-electron chi connectivity index (χ0n) is 10.5. The Morgan fingerprint density at radius 1 is 1.40 bits per heavy atom. The topological polar surface area (TPSA) is 89.8 Å². The Morgan fingerprint density at radius 2 is 2.15 bits per heavy atom. The van der Waals surface area contributed by atoms with Crippen molar-refractivity contribution in [3.8, 4) is 17.8 Å². The predicted octanol–water partition coefficient (Wildman–Crippen LogP) is 2.13. The van der Waals surface area contributed by atoms with Gasteiger partial charge in [0.05, 0.1) is 23.4 Å². The lowest BCUT2D eigenvalue weighted by atomic mass is 10.2. The molecule has 0 bridgehead atoms. The van der Waals surface area contributed by atoms with Gasteiger partial charge in [-0.25, -0.2) is 9.37 Å². The molecule has 2 rings (SSSR count). The number of hydrogen-bond donors (Lipinski definition) is 1. The molecule has 1 heterocycles. The maximum Gasteiger partial charge on any atom is 0.237 e. The number of hydrogen-bond acceptors (Lipinski definition) is 5. The fourth-order valence-electron chi connectivity index (χ4n) is 1.53. The molecule has 0 saturated heterocycles. The Balaban J connectivity index is 2.25. The standard InChI is InChI=1S/C13H9FN6/c1-9-7-20(8-17-9)13-3-2-10(4-12(13)14)18-19-11(5-15)6-16/h2-4,7-8,18H,1H3. The fourth-order valence-corrected chi connectivity index (χ4v) is 1.53. The smallest absolute Gasteiger partial charge is 0.237 e. The van der Waals surface area contributed by atoms with Gasteiger partial charge in [0.15, 0.2) is 0 Å². The first-order valence-corrected chi connectivity index (χ1v) is 5.58. The van der Waals surface area contributed by atoms with E-state index >= 15 is 0 Å². The highest BCUT2D eigenvalue weighted by molar-refractivity contribution is 6.10. The van der Waals surface area contributed by atoms with E-state index in [0.29, 0.717) is 11.4 Å². The van der Waals surface area contributed by atoms with Crippen molar-refractivity contribution in [2.45, 2.75) is 6.92 Å². The average molecular weight is 268 g/mol. The van der Waals surface area contributed by atoms with Crippen molar-refractivity contribution in [2.24, 2.45) is 5.10 Å². The summed E-state index contributed by atoms with van der Waals surface area (Å²) in [6.45, 7) is 1.81. The SMILES string of the molecule is Cc1cn(-c2ccc(NN=C(C#N)C#N)cc2F)cn1. The van der Waals surface area contributed by atoms with E-state index < -0.39 is 5.82 Å². The van der Waals surface area contributed by atoms with E-state index in [9.17, 15) is 4.39 Å². The Bertz CT molecular complexity index is 731. The van der Waals surface area contributed by atoms with Gasteiger partial charge in [-0.05, 0) is 19.1 Å². The van der Waals surface area contributed by atoms with Gasteiger partial charge in [0.2, 0.25) is 5.71 Å². The fraction of sp³-hybridized carbons (Fsp3) is 0.0769. The van der Waals surface area contributed by atoms with E-state index in [1.165, 1.54) is 12.4 Å². The summed E-state index contributed by atoms with van der Waals surface area (Å²) in [6, 6.07) is 7.55. The van der Waals surface area contributed by atoms with Gasteiger partial charge >= 0.3 is 0 Å². The molecule has 0 aliphatic rings. The molecular formula is C13H9FN6. The quantitative estimate of drug-likeness (QED) is 0.682. The molecule has 98 valence electrons. The molecule has 0 aliphatic heterocycles. The highest BCUT2D eigenvalue weighted by Crippen LogP contribution is 2.18. The van der Waals surface area contributed by atoms with Crippen LogP contribution in [-0.4, -0.2) is 15.3 Å². The maximum atomic E-state index is 14.0. The summed E-state index contributed by atoms with van der Waals surface area (Å²) in [5.41, 5.74) is 3.58. The van der Waals surface area contributed by atoms with Gasteiger partial charge in [0, 0.05) is 12.3 Å². The summed E-state index contributed by atoms with van der Waals surface area (Å²) in [5, 5.41) is 20.6. The number of imidazole rings is 1. The minimum Gasteiger partial charge on any atom is -0.303 e. The molecular weight excluding hydrogens is 259 g/mol. The molecule has 1 N–H and O–H groups in total. The van der Waals surface area contributed by atoms with Crippen LogP contribution in [0, 0.1) is 35.4 Å². The highest BCUT2D eigenvalue weighted by atomic mass is 19.1. The lowest BCUT2D eigenvalue weighted by molar-refractivity contribution is 0.618. The second-order valence-corrected chi connectivity index (χ2v) is 3.88. The molecule has 0 aliphatic carbocycles. The lowest BCUT2D eigenvalue weighted by Gasteiger charge is -2.06. The number of aryl methyl sites for hydroxylation is 1. The number of rotatable bonds is 3. The van der Waals surface area contributed by atoms with Gasteiger partial charge in [0.1, 0.15) is 18.0 Å². The van der Waals surface area contributed by atoms with E-state index in [-0.39, 0.29) is 5.71 Å². The molecule has 2 aromatic rings. The first-order chi connectivity index (χ1) is 9.63. The molecule has 0 radical (unpaired) electrons. The van der Waals surface area contributed by atoms with Crippen LogP contribution in [0.5, 0.6) is 0 Å². The number of halogens is 1. The van der Waals surface area contributed by atoms with Crippen molar-refractivity contribution in [2.75, 3.05) is 5.43 Å². The molecule has 0 fully saturated rings. The van der Waals surface area contributed by atoms with Crippen molar-refractivity contribution in [3.63, 3.8) is 0 Å². The van der Waals surface area contributed by atoms with Crippen LogP contribution in [0.3, 0.4) is 0 Å². The molecule has 7 heteroatoms. The summed E-state index contributed by atoms with van der Waals surface area (Å²) in [5.74, 6) is -0.474. The molecule has 0 atom stereocenters. The first kappa shape index (κ1) is 13.2. The lowest BCUT2D eigenvalue weighted by Crippen LogP contribution is -1.99. The third kappa shape index (κ3) is 2.79. The third-order valence-corrected chi connectivity index (χ3v) is 2.45. The number of nitrogens with zero attached hydrogens (tertiary/aromatic N) is 5. The molecule has 0 spiro atoms. The van der Waals surface area contributed by atoms with Crippen molar-refractivity contribution in [1.29, 1.82) is 10.5 Å². The number of benzene rings is 1. The minimum absolute atomic E-state index is 0.334. The monoisotopic (exact) mass is 268 g/mol. The van der Waals surface area contributed by atoms with E-state index in [1.54, 1.807) is 35.0 Å². The Morgan fingerprint density at radius 3 is 2.70 bits per heavy atom. The van der Waals surface area contributed by atoms with Crippen LogP contribution in [-0.2, 0) is 0 Å². The molecule has 0 saturated carbocycles. The summed E-state index contributed by atoms with van der Waals surface area (Å²) in [7, 11) is 0. The van der Waals surface area contributed by atoms with Crippen molar-refractivity contribution < 1.29 is 4.39 Å². The van der Waals surface area contributed by atoms with Crippen LogP contribution < -0.4 is 5.43 Å². The van der Waals surface area contributed by atoms with Crippen LogP contribution >= 0.6 is 0 Å².